The van der Waals surface area contributed by atoms with E-state index >= 15 is 0 Å². The molecule has 0 aromatic carbocycles. The summed E-state index contributed by atoms with van der Waals surface area (Å²) in [7, 11) is 4.34. The summed E-state index contributed by atoms with van der Waals surface area (Å²) in [6, 6.07) is 0. The second kappa shape index (κ2) is 3.82. The van der Waals surface area contributed by atoms with Gasteiger partial charge in [-0.1, -0.05) is 0 Å². The van der Waals surface area contributed by atoms with Crippen LogP contribution in [0.1, 0.15) is 6.92 Å². The third kappa shape index (κ3) is 4.39. The van der Waals surface area contributed by atoms with Crippen molar-refractivity contribution in [2.24, 2.45) is 5.73 Å². The number of nitrogens with zero attached hydrogens (tertiary/aromatic N) is 1. The van der Waals surface area contributed by atoms with Crippen molar-refractivity contribution in [3.63, 3.8) is 0 Å². The van der Waals surface area contributed by atoms with Crippen molar-refractivity contribution in [1.29, 1.82) is 0 Å². The maximum atomic E-state index is 5.27. The standard InChI is InChI=1S/C6H18N3/c1-4-9(2,3)6-8-5-7/h8H,4-7H2,1-3H3/q+1. The van der Waals surface area contributed by atoms with Crippen LogP contribution in [0, 0.1) is 0 Å². The zero-order chi connectivity index (χ0) is 7.33. The molecule has 0 aliphatic heterocycles. The highest BCUT2D eigenvalue weighted by Crippen LogP contribution is 1.90. The van der Waals surface area contributed by atoms with Gasteiger partial charge >= 0.3 is 0 Å². The van der Waals surface area contributed by atoms with E-state index in [4.69, 9.17) is 5.73 Å². The Balaban J connectivity index is 3.33. The first-order valence-electron chi connectivity index (χ1n) is 3.35. The van der Waals surface area contributed by atoms with Crippen LogP contribution in [-0.4, -0.2) is 38.5 Å². The lowest BCUT2D eigenvalue weighted by Crippen LogP contribution is -2.47. The molecule has 0 amide bonds. The molecule has 0 saturated heterocycles. The molecule has 0 heterocycles. The van der Waals surface area contributed by atoms with Gasteiger partial charge < -0.3 is 10.2 Å². The van der Waals surface area contributed by atoms with Crippen LogP contribution < -0.4 is 11.1 Å². The lowest BCUT2D eigenvalue weighted by atomic mass is 10.5. The molecule has 0 aromatic rings. The fourth-order valence-corrected chi connectivity index (χ4v) is 0.479. The number of nitrogens with two attached hydrogens (primary N) is 1. The first kappa shape index (κ1) is 8.88. The number of rotatable bonds is 4. The second-order valence-electron chi connectivity index (χ2n) is 2.86. The normalized spacial score (nSPS) is 12.0. The van der Waals surface area contributed by atoms with Crippen molar-refractivity contribution < 1.29 is 4.48 Å². The number of hydrogen-bond acceptors (Lipinski definition) is 2. The average molecular weight is 132 g/mol. The van der Waals surface area contributed by atoms with Gasteiger partial charge in [0.2, 0.25) is 0 Å². The molecule has 9 heavy (non-hydrogen) atoms. The molecule has 0 spiro atoms. The molecule has 0 aromatic heterocycles. The Kier molecular flexibility index (Phi) is 3.77. The zero-order valence-electron chi connectivity index (χ0n) is 6.65. The van der Waals surface area contributed by atoms with Gasteiger partial charge in [-0.25, -0.2) is 0 Å². The van der Waals surface area contributed by atoms with Crippen LogP contribution in [0.2, 0.25) is 0 Å². The molecule has 0 atom stereocenters. The summed E-state index contributed by atoms with van der Waals surface area (Å²) in [6.45, 7) is 4.82. The average Bonchev–Trinajstić information content (AvgIpc) is 1.84. The van der Waals surface area contributed by atoms with E-state index in [1.54, 1.807) is 0 Å². The van der Waals surface area contributed by atoms with Crippen molar-refractivity contribution >= 4 is 0 Å². The van der Waals surface area contributed by atoms with E-state index in [0.29, 0.717) is 6.67 Å². The Morgan fingerprint density at radius 3 is 2.33 bits per heavy atom. The zero-order valence-corrected chi connectivity index (χ0v) is 6.65. The predicted octanol–water partition coefficient (Wildman–Crippen LogP) is -0.454. The maximum Gasteiger partial charge on any atom is 0.133 e. The minimum absolute atomic E-state index is 0.571. The minimum Gasteiger partial charge on any atom is -0.318 e. The Bertz CT molecular complexity index is 70.7. The molecule has 3 nitrogen and oxygen atoms in total. The van der Waals surface area contributed by atoms with Gasteiger partial charge in [-0.15, -0.1) is 0 Å². The van der Waals surface area contributed by atoms with E-state index < -0.39 is 0 Å². The van der Waals surface area contributed by atoms with Crippen LogP contribution in [-0.2, 0) is 0 Å². The van der Waals surface area contributed by atoms with E-state index in [2.05, 4.69) is 26.3 Å². The van der Waals surface area contributed by atoms with Crippen molar-refractivity contribution in [3.8, 4) is 0 Å². The highest BCUT2D eigenvalue weighted by Gasteiger charge is 2.08. The molecular formula is C6H18N3+. The van der Waals surface area contributed by atoms with Crippen molar-refractivity contribution in [3.05, 3.63) is 0 Å². The number of quaternary nitrogens is 1. The van der Waals surface area contributed by atoms with Gasteiger partial charge in [0.15, 0.2) is 0 Å². The molecule has 0 unspecified atom stereocenters. The van der Waals surface area contributed by atoms with Crippen molar-refractivity contribution in [2.45, 2.75) is 6.92 Å². The van der Waals surface area contributed by atoms with Gasteiger partial charge in [0.25, 0.3) is 0 Å². The van der Waals surface area contributed by atoms with Gasteiger partial charge in [0.05, 0.1) is 20.6 Å². The summed E-state index contributed by atoms with van der Waals surface area (Å²) in [5, 5.41) is 3.09. The molecule has 0 bridgehead atoms. The van der Waals surface area contributed by atoms with Crippen molar-refractivity contribution in [2.75, 3.05) is 34.0 Å². The van der Waals surface area contributed by atoms with Crippen LogP contribution in [0.4, 0.5) is 0 Å². The number of hydrogen-bond donors (Lipinski definition) is 2. The monoisotopic (exact) mass is 132 g/mol. The predicted molar refractivity (Wildman–Crippen MR) is 39.7 cm³/mol. The van der Waals surface area contributed by atoms with E-state index in [9.17, 15) is 0 Å². The van der Waals surface area contributed by atoms with Crippen LogP contribution >= 0.6 is 0 Å². The quantitative estimate of drug-likeness (QED) is 0.401. The summed E-state index contributed by atoms with van der Waals surface area (Å²) >= 11 is 0. The van der Waals surface area contributed by atoms with Crippen molar-refractivity contribution in [1.82, 2.24) is 5.32 Å². The first-order valence-corrected chi connectivity index (χ1v) is 3.35. The fraction of sp³-hybridized carbons (Fsp3) is 1.00. The molecule has 0 radical (unpaired) electrons. The Labute approximate surface area is 57.4 Å². The van der Waals surface area contributed by atoms with E-state index in [1.165, 1.54) is 0 Å². The van der Waals surface area contributed by atoms with Gasteiger partial charge in [0, 0.05) is 6.67 Å². The fourth-order valence-electron chi connectivity index (χ4n) is 0.479. The maximum absolute atomic E-state index is 5.27. The Hall–Kier alpha value is -0.120. The highest BCUT2D eigenvalue weighted by molar-refractivity contribution is 4.27. The molecule has 3 heteroatoms. The van der Waals surface area contributed by atoms with Crippen LogP contribution in [0.5, 0.6) is 0 Å². The smallest absolute Gasteiger partial charge is 0.133 e. The Morgan fingerprint density at radius 2 is 2.00 bits per heavy atom. The molecule has 0 saturated carbocycles. The van der Waals surface area contributed by atoms with E-state index in [-0.39, 0.29) is 0 Å². The number of nitrogens with one attached hydrogen (secondary N) is 1. The Morgan fingerprint density at radius 1 is 1.44 bits per heavy atom. The third-order valence-corrected chi connectivity index (χ3v) is 1.54. The summed E-state index contributed by atoms with van der Waals surface area (Å²) in [6.07, 6.45) is 0. The molecule has 0 fully saturated rings. The van der Waals surface area contributed by atoms with Gasteiger partial charge in [0.1, 0.15) is 6.67 Å². The largest absolute Gasteiger partial charge is 0.318 e. The lowest BCUT2D eigenvalue weighted by Gasteiger charge is -2.27. The summed E-state index contributed by atoms with van der Waals surface area (Å²) in [5.41, 5.74) is 5.27. The first-order chi connectivity index (χ1) is 4.12. The van der Waals surface area contributed by atoms with Crippen LogP contribution in [0.3, 0.4) is 0 Å². The molecule has 0 rings (SSSR count). The molecule has 0 aliphatic rings. The van der Waals surface area contributed by atoms with Crippen LogP contribution in [0.15, 0.2) is 0 Å². The summed E-state index contributed by atoms with van der Waals surface area (Å²) in [5.74, 6) is 0. The topological polar surface area (TPSA) is 38.0 Å². The lowest BCUT2D eigenvalue weighted by molar-refractivity contribution is -0.891. The highest BCUT2D eigenvalue weighted by atomic mass is 15.4. The minimum atomic E-state index is 0.571. The summed E-state index contributed by atoms with van der Waals surface area (Å²) in [4.78, 5) is 0. The van der Waals surface area contributed by atoms with Gasteiger partial charge in [-0.2, -0.15) is 0 Å². The second-order valence-corrected chi connectivity index (χ2v) is 2.86. The molecule has 3 N–H and O–H groups in total. The molecule has 0 aliphatic carbocycles. The van der Waals surface area contributed by atoms with Crippen LogP contribution in [0.25, 0.3) is 0 Å². The molecule has 56 valence electrons. The SMILES string of the molecule is CC[N+](C)(C)CNCN. The summed E-state index contributed by atoms with van der Waals surface area (Å²) < 4.78 is 0.983. The van der Waals surface area contributed by atoms with E-state index in [0.717, 1.165) is 17.7 Å². The van der Waals surface area contributed by atoms with E-state index in [1.807, 2.05) is 0 Å². The van der Waals surface area contributed by atoms with Gasteiger partial charge in [-0.3, -0.25) is 5.32 Å². The van der Waals surface area contributed by atoms with Gasteiger partial charge in [-0.05, 0) is 6.92 Å². The third-order valence-electron chi connectivity index (χ3n) is 1.54. The molecular weight excluding hydrogens is 114 g/mol.